The lowest BCUT2D eigenvalue weighted by molar-refractivity contribution is 0.0582. The van der Waals surface area contributed by atoms with Crippen LogP contribution < -0.4 is 10.0 Å². The third kappa shape index (κ3) is 4.50. The Hall–Kier alpha value is -1.60. The molecule has 0 aliphatic carbocycles. The van der Waals surface area contributed by atoms with Crippen LogP contribution in [0.4, 0.5) is 10.5 Å². The molecular formula is C13H20N2O4S. The van der Waals surface area contributed by atoms with Gasteiger partial charge in [0.05, 0.1) is 4.90 Å². The van der Waals surface area contributed by atoms with Crippen LogP contribution in [0.5, 0.6) is 0 Å². The summed E-state index contributed by atoms with van der Waals surface area (Å²) in [5, 5.41) is 5.03. The Balaban J connectivity index is 2.99. The van der Waals surface area contributed by atoms with E-state index in [0.29, 0.717) is 12.2 Å². The fourth-order valence-electron chi connectivity index (χ4n) is 1.55. The molecule has 0 atom stereocenters. The molecule has 0 fully saturated rings. The highest BCUT2D eigenvalue weighted by Crippen LogP contribution is 2.20. The predicted octanol–water partition coefficient (Wildman–Crippen LogP) is 2.10. The van der Waals surface area contributed by atoms with Gasteiger partial charge < -0.3 is 4.74 Å². The summed E-state index contributed by atoms with van der Waals surface area (Å²) in [6.07, 6.45) is -0.483. The zero-order valence-electron chi connectivity index (χ0n) is 12.1. The molecule has 0 bridgehead atoms. The van der Waals surface area contributed by atoms with Crippen LogP contribution in [0.25, 0.3) is 0 Å². The van der Waals surface area contributed by atoms with E-state index in [4.69, 9.17) is 9.88 Å². The number of nitrogens with zero attached hydrogens (tertiary/aromatic N) is 1. The van der Waals surface area contributed by atoms with Crippen LogP contribution in [0.3, 0.4) is 0 Å². The molecule has 1 amide bonds. The number of benzene rings is 1. The summed E-state index contributed by atoms with van der Waals surface area (Å²) >= 11 is 0. The SMILES string of the molecule is CCN(C(=O)OC(C)(C)C)c1ccc(S(N)(=O)=O)cc1. The standard InChI is InChI=1S/C13H20N2O4S/c1-5-15(12(16)19-13(2,3)4)10-6-8-11(9-7-10)20(14,17)18/h6-9H,5H2,1-4H3,(H2,14,17,18). The minimum Gasteiger partial charge on any atom is -0.443 e. The van der Waals surface area contributed by atoms with Crippen LogP contribution in [-0.4, -0.2) is 26.7 Å². The molecule has 112 valence electrons. The van der Waals surface area contributed by atoms with Crippen molar-refractivity contribution in [3.05, 3.63) is 24.3 Å². The van der Waals surface area contributed by atoms with E-state index in [1.165, 1.54) is 29.2 Å². The summed E-state index contributed by atoms with van der Waals surface area (Å²) in [4.78, 5) is 13.4. The third-order valence-electron chi connectivity index (χ3n) is 2.41. The quantitative estimate of drug-likeness (QED) is 0.925. The van der Waals surface area contributed by atoms with Crippen molar-refractivity contribution in [1.82, 2.24) is 0 Å². The van der Waals surface area contributed by atoms with Gasteiger partial charge in [0.1, 0.15) is 5.60 Å². The van der Waals surface area contributed by atoms with Crippen molar-refractivity contribution in [2.45, 2.75) is 38.2 Å². The summed E-state index contributed by atoms with van der Waals surface area (Å²) in [6.45, 7) is 7.55. The van der Waals surface area contributed by atoms with Crippen LogP contribution in [0.15, 0.2) is 29.2 Å². The number of nitrogens with two attached hydrogens (primary N) is 1. The number of hydrogen-bond acceptors (Lipinski definition) is 4. The maximum absolute atomic E-state index is 12.0. The van der Waals surface area contributed by atoms with Gasteiger partial charge in [0, 0.05) is 12.2 Å². The second kappa shape index (κ2) is 5.80. The third-order valence-corrected chi connectivity index (χ3v) is 3.34. The summed E-state index contributed by atoms with van der Waals surface area (Å²) in [6, 6.07) is 5.76. The van der Waals surface area contributed by atoms with E-state index in [0.717, 1.165) is 0 Å². The number of anilines is 1. The van der Waals surface area contributed by atoms with Crippen LogP contribution >= 0.6 is 0 Å². The van der Waals surface area contributed by atoms with Crippen molar-refractivity contribution >= 4 is 21.8 Å². The second-order valence-electron chi connectivity index (χ2n) is 5.26. The van der Waals surface area contributed by atoms with E-state index >= 15 is 0 Å². The molecule has 2 N–H and O–H groups in total. The zero-order valence-corrected chi connectivity index (χ0v) is 12.9. The van der Waals surface area contributed by atoms with Gasteiger partial charge in [-0.1, -0.05) is 0 Å². The molecular weight excluding hydrogens is 280 g/mol. The van der Waals surface area contributed by atoms with Crippen LogP contribution in [0.1, 0.15) is 27.7 Å². The summed E-state index contributed by atoms with van der Waals surface area (Å²) in [7, 11) is -3.74. The van der Waals surface area contributed by atoms with Crippen molar-refractivity contribution < 1.29 is 17.9 Å². The first-order chi connectivity index (χ1) is 9.04. The normalized spacial score (nSPS) is 12.1. The van der Waals surface area contributed by atoms with Gasteiger partial charge in [0.2, 0.25) is 10.0 Å². The van der Waals surface area contributed by atoms with E-state index in [2.05, 4.69) is 0 Å². The molecule has 0 unspecified atom stereocenters. The first kappa shape index (κ1) is 16.5. The highest BCUT2D eigenvalue weighted by molar-refractivity contribution is 7.89. The summed E-state index contributed by atoms with van der Waals surface area (Å²) < 4.78 is 27.6. The molecule has 1 aromatic rings. The summed E-state index contributed by atoms with van der Waals surface area (Å²) in [5.74, 6) is 0. The largest absolute Gasteiger partial charge is 0.443 e. The smallest absolute Gasteiger partial charge is 0.414 e. The number of ether oxygens (including phenoxy) is 1. The number of carbonyl (C=O) groups excluding carboxylic acids is 1. The molecule has 1 rings (SSSR count). The Kier molecular flexibility index (Phi) is 4.77. The van der Waals surface area contributed by atoms with Gasteiger partial charge in [-0.15, -0.1) is 0 Å². The van der Waals surface area contributed by atoms with E-state index < -0.39 is 21.7 Å². The van der Waals surface area contributed by atoms with E-state index in [1.54, 1.807) is 27.7 Å². The van der Waals surface area contributed by atoms with E-state index in [1.807, 2.05) is 0 Å². The van der Waals surface area contributed by atoms with Gasteiger partial charge in [0.15, 0.2) is 0 Å². The molecule has 0 aliphatic heterocycles. The number of sulfonamides is 1. The highest BCUT2D eigenvalue weighted by atomic mass is 32.2. The molecule has 0 radical (unpaired) electrons. The number of rotatable bonds is 3. The molecule has 6 nitrogen and oxygen atoms in total. The lowest BCUT2D eigenvalue weighted by Crippen LogP contribution is -2.36. The lowest BCUT2D eigenvalue weighted by atomic mass is 10.2. The topological polar surface area (TPSA) is 89.7 Å². The maximum Gasteiger partial charge on any atom is 0.414 e. The average molecular weight is 300 g/mol. The van der Waals surface area contributed by atoms with Crippen LogP contribution in [0.2, 0.25) is 0 Å². The first-order valence-electron chi connectivity index (χ1n) is 6.18. The number of carbonyl (C=O) groups is 1. The van der Waals surface area contributed by atoms with Gasteiger partial charge >= 0.3 is 6.09 Å². The van der Waals surface area contributed by atoms with Gasteiger partial charge in [-0.05, 0) is 52.0 Å². The molecule has 0 spiro atoms. The molecule has 0 aromatic heterocycles. The van der Waals surface area contributed by atoms with Crippen molar-refractivity contribution in [1.29, 1.82) is 0 Å². The van der Waals surface area contributed by atoms with Crippen LogP contribution in [0, 0.1) is 0 Å². The Morgan fingerprint density at radius 1 is 1.25 bits per heavy atom. The Morgan fingerprint density at radius 2 is 1.75 bits per heavy atom. The van der Waals surface area contributed by atoms with Crippen molar-refractivity contribution in [3.63, 3.8) is 0 Å². The van der Waals surface area contributed by atoms with Gasteiger partial charge in [-0.25, -0.2) is 18.4 Å². The summed E-state index contributed by atoms with van der Waals surface area (Å²) in [5.41, 5.74) is -0.0421. The van der Waals surface area contributed by atoms with E-state index in [9.17, 15) is 13.2 Å². The molecule has 0 saturated carbocycles. The minimum absolute atomic E-state index is 0.00138. The highest BCUT2D eigenvalue weighted by Gasteiger charge is 2.22. The molecule has 7 heteroatoms. The zero-order chi connectivity index (χ0) is 15.6. The predicted molar refractivity (Wildman–Crippen MR) is 77.1 cm³/mol. The number of amides is 1. The van der Waals surface area contributed by atoms with Gasteiger partial charge in [-0.3, -0.25) is 4.90 Å². The Morgan fingerprint density at radius 3 is 2.10 bits per heavy atom. The molecule has 0 aliphatic rings. The Labute approximate surface area is 119 Å². The molecule has 1 aromatic carbocycles. The monoisotopic (exact) mass is 300 g/mol. The molecule has 0 heterocycles. The number of hydrogen-bond donors (Lipinski definition) is 1. The lowest BCUT2D eigenvalue weighted by Gasteiger charge is -2.26. The van der Waals surface area contributed by atoms with Gasteiger partial charge in [0.25, 0.3) is 0 Å². The maximum atomic E-state index is 12.0. The Bertz CT molecular complexity index is 573. The van der Waals surface area contributed by atoms with Crippen molar-refractivity contribution in [2.75, 3.05) is 11.4 Å². The van der Waals surface area contributed by atoms with E-state index in [-0.39, 0.29) is 4.90 Å². The fourth-order valence-corrected chi connectivity index (χ4v) is 2.07. The first-order valence-corrected chi connectivity index (χ1v) is 7.72. The average Bonchev–Trinajstić information content (AvgIpc) is 2.27. The van der Waals surface area contributed by atoms with Crippen LogP contribution in [-0.2, 0) is 14.8 Å². The van der Waals surface area contributed by atoms with Crippen molar-refractivity contribution in [2.24, 2.45) is 5.14 Å². The molecule has 20 heavy (non-hydrogen) atoms. The minimum atomic E-state index is -3.74. The van der Waals surface area contributed by atoms with Gasteiger partial charge in [-0.2, -0.15) is 0 Å². The number of primary sulfonamides is 1. The van der Waals surface area contributed by atoms with Crippen molar-refractivity contribution in [3.8, 4) is 0 Å². The second-order valence-corrected chi connectivity index (χ2v) is 6.82. The fraction of sp³-hybridized carbons (Fsp3) is 0.462. The molecule has 0 saturated heterocycles.